The molecule has 1 fully saturated rings. The molecule has 0 saturated heterocycles. The first-order valence-electron chi connectivity index (χ1n) is 4.46. The van der Waals surface area contributed by atoms with Gasteiger partial charge >= 0.3 is 0 Å². The lowest BCUT2D eigenvalue weighted by molar-refractivity contribution is 0.171. The zero-order valence-electron chi connectivity index (χ0n) is 7.48. The zero-order valence-corrected chi connectivity index (χ0v) is 7.48. The summed E-state index contributed by atoms with van der Waals surface area (Å²) >= 11 is 0. The highest BCUT2D eigenvalue weighted by Gasteiger charge is 2.35. The monoisotopic (exact) mass is 151 g/mol. The van der Waals surface area contributed by atoms with Crippen molar-refractivity contribution in [3.05, 3.63) is 0 Å². The predicted molar refractivity (Wildman–Crippen MR) is 48.3 cm³/mol. The minimum Gasteiger partial charge on any atom is -0.298 e. The van der Waals surface area contributed by atoms with Gasteiger partial charge in [0, 0.05) is 5.54 Å². The van der Waals surface area contributed by atoms with E-state index in [1.54, 1.807) is 0 Å². The average Bonchev–Trinajstić information content (AvgIpc) is 1.96. The summed E-state index contributed by atoms with van der Waals surface area (Å²) in [7, 11) is 0. The maximum Gasteiger partial charge on any atom is 0.0662 e. The van der Waals surface area contributed by atoms with E-state index in [4.69, 9.17) is 6.42 Å². The summed E-state index contributed by atoms with van der Waals surface area (Å²) < 4.78 is 0. The molecule has 1 aliphatic carbocycles. The van der Waals surface area contributed by atoms with E-state index in [0.29, 0.717) is 5.54 Å². The SMILES string of the molecule is C#CC(C)NC1(CC)CCC1. The van der Waals surface area contributed by atoms with Crippen LogP contribution in [-0.2, 0) is 0 Å². The van der Waals surface area contributed by atoms with Gasteiger partial charge in [-0.2, -0.15) is 0 Å². The fraction of sp³-hybridized carbons (Fsp3) is 0.800. The first-order valence-corrected chi connectivity index (χ1v) is 4.46. The second-order valence-electron chi connectivity index (χ2n) is 3.52. The summed E-state index contributed by atoms with van der Waals surface area (Å²) in [6.07, 6.45) is 10.5. The number of rotatable bonds is 3. The maximum absolute atomic E-state index is 5.30. The Morgan fingerprint density at radius 1 is 1.64 bits per heavy atom. The van der Waals surface area contributed by atoms with E-state index in [1.165, 1.54) is 25.7 Å². The van der Waals surface area contributed by atoms with Gasteiger partial charge in [0.1, 0.15) is 0 Å². The molecule has 1 N–H and O–H groups in total. The summed E-state index contributed by atoms with van der Waals surface area (Å²) in [4.78, 5) is 0. The molecule has 1 heteroatoms. The molecule has 1 rings (SSSR count). The molecule has 0 bridgehead atoms. The molecule has 0 spiro atoms. The molecule has 0 aromatic carbocycles. The van der Waals surface area contributed by atoms with E-state index in [2.05, 4.69) is 25.1 Å². The molecular formula is C10H17N. The first-order chi connectivity index (χ1) is 5.22. The van der Waals surface area contributed by atoms with Crippen LogP contribution in [0.4, 0.5) is 0 Å². The minimum atomic E-state index is 0.232. The lowest BCUT2D eigenvalue weighted by atomic mass is 9.74. The summed E-state index contributed by atoms with van der Waals surface area (Å²) in [5, 5.41) is 3.49. The molecule has 1 atom stereocenters. The molecule has 0 aromatic heterocycles. The van der Waals surface area contributed by atoms with Crippen molar-refractivity contribution in [1.82, 2.24) is 5.32 Å². The standard InChI is InChI=1S/C10H17N/c1-4-9(3)11-10(5-2)7-6-8-10/h1,9,11H,5-8H2,2-3H3. The molecular weight excluding hydrogens is 134 g/mol. The van der Waals surface area contributed by atoms with Crippen molar-refractivity contribution in [3.8, 4) is 12.3 Å². The van der Waals surface area contributed by atoms with Gasteiger partial charge in [-0.05, 0) is 32.6 Å². The molecule has 0 aliphatic heterocycles. The molecule has 1 unspecified atom stereocenters. The number of terminal acetylenes is 1. The number of hydrogen-bond donors (Lipinski definition) is 1. The van der Waals surface area contributed by atoms with Crippen molar-refractivity contribution in [2.75, 3.05) is 0 Å². The van der Waals surface area contributed by atoms with Crippen molar-refractivity contribution in [1.29, 1.82) is 0 Å². The van der Waals surface area contributed by atoms with Crippen molar-refractivity contribution in [3.63, 3.8) is 0 Å². The van der Waals surface area contributed by atoms with E-state index >= 15 is 0 Å². The van der Waals surface area contributed by atoms with Crippen LogP contribution < -0.4 is 5.32 Å². The lowest BCUT2D eigenvalue weighted by Gasteiger charge is -2.43. The van der Waals surface area contributed by atoms with Gasteiger partial charge < -0.3 is 0 Å². The Kier molecular flexibility index (Phi) is 2.57. The Morgan fingerprint density at radius 3 is 2.55 bits per heavy atom. The molecule has 1 saturated carbocycles. The van der Waals surface area contributed by atoms with Crippen LogP contribution in [0.25, 0.3) is 0 Å². The van der Waals surface area contributed by atoms with Gasteiger partial charge in [-0.3, -0.25) is 5.32 Å². The van der Waals surface area contributed by atoms with Crippen LogP contribution in [0.5, 0.6) is 0 Å². The van der Waals surface area contributed by atoms with E-state index in [1.807, 2.05) is 0 Å². The van der Waals surface area contributed by atoms with Crippen LogP contribution in [0.15, 0.2) is 0 Å². The highest BCUT2D eigenvalue weighted by molar-refractivity contribution is 5.04. The van der Waals surface area contributed by atoms with E-state index in [0.717, 1.165) is 0 Å². The van der Waals surface area contributed by atoms with Crippen LogP contribution in [0.1, 0.15) is 39.5 Å². The normalized spacial score (nSPS) is 23.4. The fourth-order valence-electron chi connectivity index (χ4n) is 1.70. The largest absolute Gasteiger partial charge is 0.298 e. The molecule has 0 heterocycles. The maximum atomic E-state index is 5.30. The fourth-order valence-corrected chi connectivity index (χ4v) is 1.70. The van der Waals surface area contributed by atoms with Crippen LogP contribution >= 0.6 is 0 Å². The summed E-state index contributed by atoms with van der Waals surface area (Å²) in [5.74, 6) is 2.71. The molecule has 0 amide bonds. The Bertz CT molecular complexity index is 157. The zero-order chi connectivity index (χ0) is 8.32. The third-order valence-corrected chi connectivity index (χ3v) is 2.76. The quantitative estimate of drug-likeness (QED) is 0.608. The lowest BCUT2D eigenvalue weighted by Crippen LogP contribution is -2.53. The van der Waals surface area contributed by atoms with Crippen molar-refractivity contribution < 1.29 is 0 Å². The Morgan fingerprint density at radius 2 is 2.27 bits per heavy atom. The van der Waals surface area contributed by atoms with Crippen molar-refractivity contribution >= 4 is 0 Å². The second kappa shape index (κ2) is 3.28. The summed E-state index contributed by atoms with van der Waals surface area (Å²) in [6.45, 7) is 4.28. The summed E-state index contributed by atoms with van der Waals surface area (Å²) in [6, 6.07) is 0.232. The van der Waals surface area contributed by atoms with Crippen LogP contribution in [0.2, 0.25) is 0 Å². The third-order valence-electron chi connectivity index (χ3n) is 2.76. The first kappa shape index (κ1) is 8.62. The topological polar surface area (TPSA) is 12.0 Å². The van der Waals surface area contributed by atoms with E-state index < -0.39 is 0 Å². The average molecular weight is 151 g/mol. The predicted octanol–water partition coefficient (Wildman–Crippen LogP) is 1.93. The molecule has 0 radical (unpaired) electrons. The van der Waals surface area contributed by atoms with Crippen LogP contribution in [0.3, 0.4) is 0 Å². The van der Waals surface area contributed by atoms with E-state index in [9.17, 15) is 0 Å². The Balaban J connectivity index is 2.39. The molecule has 11 heavy (non-hydrogen) atoms. The van der Waals surface area contributed by atoms with E-state index in [-0.39, 0.29) is 6.04 Å². The summed E-state index contributed by atoms with van der Waals surface area (Å²) in [5.41, 5.74) is 0.395. The van der Waals surface area contributed by atoms with Gasteiger partial charge in [0.2, 0.25) is 0 Å². The van der Waals surface area contributed by atoms with Crippen LogP contribution in [-0.4, -0.2) is 11.6 Å². The second-order valence-corrected chi connectivity index (χ2v) is 3.52. The molecule has 1 aliphatic rings. The van der Waals surface area contributed by atoms with Crippen molar-refractivity contribution in [2.45, 2.75) is 51.1 Å². The van der Waals surface area contributed by atoms with Crippen molar-refractivity contribution in [2.24, 2.45) is 0 Å². The smallest absolute Gasteiger partial charge is 0.0662 e. The van der Waals surface area contributed by atoms with Crippen LogP contribution in [0, 0.1) is 12.3 Å². The Hall–Kier alpha value is -0.480. The van der Waals surface area contributed by atoms with Gasteiger partial charge in [0.15, 0.2) is 0 Å². The van der Waals surface area contributed by atoms with Gasteiger partial charge in [-0.25, -0.2) is 0 Å². The highest BCUT2D eigenvalue weighted by atomic mass is 15.0. The van der Waals surface area contributed by atoms with Gasteiger partial charge in [0.05, 0.1) is 6.04 Å². The minimum absolute atomic E-state index is 0.232. The van der Waals surface area contributed by atoms with Gasteiger partial charge in [-0.1, -0.05) is 12.8 Å². The number of nitrogens with one attached hydrogen (secondary N) is 1. The number of hydrogen-bond acceptors (Lipinski definition) is 1. The third kappa shape index (κ3) is 1.75. The Labute approximate surface area is 69.6 Å². The highest BCUT2D eigenvalue weighted by Crippen LogP contribution is 2.34. The van der Waals surface area contributed by atoms with Gasteiger partial charge in [-0.15, -0.1) is 6.42 Å². The molecule has 62 valence electrons. The molecule has 0 aromatic rings. The van der Waals surface area contributed by atoms with Gasteiger partial charge in [0.25, 0.3) is 0 Å². The molecule has 1 nitrogen and oxygen atoms in total.